The van der Waals surface area contributed by atoms with E-state index >= 15 is 0 Å². The smallest absolute Gasteiger partial charge is 0.422 e. The van der Waals surface area contributed by atoms with Crippen molar-refractivity contribution in [2.45, 2.75) is 64.1 Å². The van der Waals surface area contributed by atoms with Crippen LogP contribution in [0.2, 0.25) is 0 Å². The van der Waals surface area contributed by atoms with Crippen LogP contribution in [-0.4, -0.2) is 88.6 Å². The minimum atomic E-state index is -4.54. The topological polar surface area (TPSA) is 152 Å². The minimum Gasteiger partial charge on any atom is -0.487 e. The molecule has 13 nitrogen and oxygen atoms in total. The molecule has 0 saturated carbocycles. The number of anilines is 2. The third kappa shape index (κ3) is 8.92. The Labute approximate surface area is 263 Å². The molecule has 16 heteroatoms. The fourth-order valence-electron chi connectivity index (χ4n) is 5.19. The highest BCUT2D eigenvalue weighted by atomic mass is 19.4. The summed E-state index contributed by atoms with van der Waals surface area (Å²) in [5, 5.41) is 31.1. The molecular formula is C30H35F3N10O3. The summed E-state index contributed by atoms with van der Waals surface area (Å²) >= 11 is 0. The molecule has 1 aromatic carbocycles. The van der Waals surface area contributed by atoms with E-state index in [4.69, 9.17) is 9.47 Å². The summed E-state index contributed by atoms with van der Waals surface area (Å²) in [6, 6.07) is 7.19. The van der Waals surface area contributed by atoms with Crippen LogP contribution in [0.15, 0.2) is 49.4 Å². The number of benzene rings is 1. The molecule has 0 amide bonds. The number of rotatable bonds is 12. The number of aromatic nitrogens is 7. The van der Waals surface area contributed by atoms with E-state index in [0.717, 1.165) is 0 Å². The number of hydrogen-bond acceptors (Lipinski definition) is 11. The zero-order valence-corrected chi connectivity index (χ0v) is 25.6. The first-order chi connectivity index (χ1) is 21.8. The Morgan fingerprint density at radius 2 is 1.89 bits per heavy atom. The number of hydrogen-bond donors (Lipinski definition) is 2. The van der Waals surface area contributed by atoms with Crippen LogP contribution in [0.1, 0.15) is 45.2 Å². The Bertz CT molecular complexity index is 1620. The molecule has 0 spiro atoms. The van der Waals surface area contributed by atoms with Gasteiger partial charge in [-0.25, -0.2) is 19.6 Å². The number of β-amino-alcohol motifs (C(OH)–C–C–N with tert-alkyl or cyclic N) is 1. The van der Waals surface area contributed by atoms with Gasteiger partial charge in [0, 0.05) is 37.6 Å². The third-order valence-electron chi connectivity index (χ3n) is 7.18. The Hall–Kier alpha value is -4.75. The van der Waals surface area contributed by atoms with Crippen LogP contribution in [0.5, 0.6) is 11.6 Å². The van der Waals surface area contributed by atoms with E-state index in [9.17, 15) is 23.5 Å². The van der Waals surface area contributed by atoms with Gasteiger partial charge >= 0.3 is 6.18 Å². The van der Waals surface area contributed by atoms with Gasteiger partial charge in [0.25, 0.3) is 5.88 Å². The maximum Gasteiger partial charge on any atom is 0.422 e. The SMILES string of the molecule is C[C@@H](Cn1cncn1)Oc1cc(-c2cnc(Nc3cn(C4CCN(CC(C)(C)O)CC4)nc3OCC(F)(F)F)nc2)ccc1C#N. The standard InChI is InChI=1S/C30H35F3N10O3/c1-20(14-42-19-35-18-38-42)46-26-10-21(4-5-22(26)11-34)23-12-36-28(37-13-23)39-25-15-43(40-27(25)45-17-30(31,32)33)24-6-8-41(9-7-24)16-29(2,3)44/h4-5,10,12-13,15,18-20,24,44H,6-9,14,16-17H2,1-3H3,(H,36,37,39)/t20-/m0/s1. The molecule has 0 unspecified atom stereocenters. The molecule has 0 aliphatic carbocycles. The maximum absolute atomic E-state index is 13.0. The van der Waals surface area contributed by atoms with Crippen molar-refractivity contribution in [2.75, 3.05) is 31.6 Å². The summed E-state index contributed by atoms with van der Waals surface area (Å²) < 4.78 is 53.4. The van der Waals surface area contributed by atoms with Crippen LogP contribution in [-0.2, 0) is 6.54 Å². The number of likely N-dealkylation sites (tertiary alicyclic amines) is 1. The second-order valence-corrected chi connectivity index (χ2v) is 11.8. The van der Waals surface area contributed by atoms with Crippen LogP contribution < -0.4 is 14.8 Å². The van der Waals surface area contributed by atoms with Crippen molar-refractivity contribution < 1.29 is 27.8 Å². The van der Waals surface area contributed by atoms with Gasteiger partial charge in [-0.3, -0.25) is 4.68 Å². The molecule has 4 aromatic rings. The molecule has 1 aliphatic heterocycles. The molecular weight excluding hydrogens is 605 g/mol. The lowest BCUT2D eigenvalue weighted by Gasteiger charge is -2.35. The molecule has 2 N–H and O–H groups in total. The first-order valence-electron chi connectivity index (χ1n) is 14.7. The molecule has 1 fully saturated rings. The highest BCUT2D eigenvalue weighted by molar-refractivity contribution is 5.67. The van der Waals surface area contributed by atoms with Crippen molar-refractivity contribution in [1.82, 2.24) is 39.4 Å². The van der Waals surface area contributed by atoms with Gasteiger partial charge in [0.05, 0.1) is 29.9 Å². The summed E-state index contributed by atoms with van der Waals surface area (Å²) in [5.74, 6) is 0.309. The van der Waals surface area contributed by atoms with Crippen molar-refractivity contribution in [2.24, 2.45) is 0 Å². The van der Waals surface area contributed by atoms with Gasteiger partial charge in [-0.15, -0.1) is 5.10 Å². The summed E-state index contributed by atoms with van der Waals surface area (Å²) in [5.41, 5.74) is 1.07. The first-order valence-corrected chi connectivity index (χ1v) is 14.7. The van der Waals surface area contributed by atoms with Crippen LogP contribution in [0.3, 0.4) is 0 Å². The largest absolute Gasteiger partial charge is 0.487 e. The fraction of sp³-hybridized carbons (Fsp3) is 0.467. The number of ether oxygens (including phenoxy) is 2. The zero-order valence-electron chi connectivity index (χ0n) is 25.6. The Kier molecular flexibility index (Phi) is 9.73. The monoisotopic (exact) mass is 640 g/mol. The lowest BCUT2D eigenvalue weighted by atomic mass is 10.0. The second kappa shape index (κ2) is 13.7. The van der Waals surface area contributed by atoms with E-state index in [1.54, 1.807) is 66.3 Å². The predicted octanol–water partition coefficient (Wildman–Crippen LogP) is 4.36. The van der Waals surface area contributed by atoms with Gasteiger partial charge in [0.1, 0.15) is 36.3 Å². The molecule has 0 bridgehead atoms. The first kappa shape index (κ1) is 32.6. The molecule has 4 heterocycles. The fourth-order valence-corrected chi connectivity index (χ4v) is 5.19. The maximum atomic E-state index is 13.0. The molecule has 244 valence electrons. The second-order valence-electron chi connectivity index (χ2n) is 11.8. The van der Waals surface area contributed by atoms with Crippen molar-refractivity contribution in [3.63, 3.8) is 0 Å². The van der Waals surface area contributed by atoms with Gasteiger partial charge in [-0.2, -0.15) is 23.5 Å². The molecule has 1 aliphatic rings. The molecule has 3 aromatic heterocycles. The normalized spacial score (nSPS) is 15.3. The van der Waals surface area contributed by atoms with Crippen LogP contribution in [0, 0.1) is 11.3 Å². The number of halogens is 3. The third-order valence-corrected chi connectivity index (χ3v) is 7.18. The predicted molar refractivity (Wildman–Crippen MR) is 160 cm³/mol. The van der Waals surface area contributed by atoms with Crippen molar-refractivity contribution in [3.05, 3.63) is 55.0 Å². The summed E-state index contributed by atoms with van der Waals surface area (Å²) in [4.78, 5) is 14.8. The lowest BCUT2D eigenvalue weighted by Crippen LogP contribution is -2.43. The van der Waals surface area contributed by atoms with Gasteiger partial charge in [0.15, 0.2) is 6.61 Å². The number of aliphatic hydroxyl groups is 1. The number of piperidine rings is 1. The van der Waals surface area contributed by atoms with E-state index in [1.165, 1.54) is 6.33 Å². The summed E-state index contributed by atoms with van der Waals surface area (Å²) in [6.45, 7) is 6.25. The molecule has 1 atom stereocenters. The Balaban J connectivity index is 1.29. The van der Waals surface area contributed by atoms with Crippen LogP contribution >= 0.6 is 0 Å². The molecule has 46 heavy (non-hydrogen) atoms. The summed E-state index contributed by atoms with van der Waals surface area (Å²) in [6.07, 6.45) is 4.28. The van der Waals surface area contributed by atoms with E-state index in [-0.39, 0.29) is 29.7 Å². The van der Waals surface area contributed by atoms with E-state index < -0.39 is 18.4 Å². The van der Waals surface area contributed by atoms with E-state index in [2.05, 4.69) is 41.4 Å². The highest BCUT2D eigenvalue weighted by Crippen LogP contribution is 2.32. The Morgan fingerprint density at radius 3 is 2.52 bits per heavy atom. The average Bonchev–Trinajstić information content (AvgIpc) is 3.65. The summed E-state index contributed by atoms with van der Waals surface area (Å²) in [7, 11) is 0. The molecule has 5 rings (SSSR count). The van der Waals surface area contributed by atoms with Crippen molar-refractivity contribution >= 4 is 11.6 Å². The van der Waals surface area contributed by atoms with Crippen LogP contribution in [0.25, 0.3) is 11.1 Å². The quantitative estimate of drug-likeness (QED) is 0.227. The molecule has 1 saturated heterocycles. The average molecular weight is 641 g/mol. The van der Waals surface area contributed by atoms with Gasteiger partial charge in [-0.1, -0.05) is 6.07 Å². The molecule has 0 radical (unpaired) electrons. The van der Waals surface area contributed by atoms with E-state index in [1.807, 2.05) is 6.92 Å². The number of nitriles is 1. The van der Waals surface area contributed by atoms with Crippen LogP contribution in [0.4, 0.5) is 24.8 Å². The van der Waals surface area contributed by atoms with Gasteiger partial charge in [0.2, 0.25) is 5.95 Å². The number of alkyl halides is 3. The minimum absolute atomic E-state index is 0.0585. The number of nitrogens with one attached hydrogen (secondary N) is 1. The lowest BCUT2D eigenvalue weighted by molar-refractivity contribution is -0.154. The van der Waals surface area contributed by atoms with E-state index in [0.29, 0.717) is 61.5 Å². The Morgan fingerprint density at radius 1 is 1.15 bits per heavy atom. The zero-order chi connectivity index (χ0) is 32.9. The van der Waals surface area contributed by atoms with Gasteiger partial charge in [-0.05, 0) is 51.3 Å². The highest BCUT2D eigenvalue weighted by Gasteiger charge is 2.31. The number of nitrogens with zero attached hydrogens (tertiary/aromatic N) is 9. The van der Waals surface area contributed by atoms with Crippen molar-refractivity contribution in [3.8, 4) is 28.8 Å². The van der Waals surface area contributed by atoms with Gasteiger partial charge < -0.3 is 24.8 Å². The van der Waals surface area contributed by atoms with Crippen molar-refractivity contribution in [1.29, 1.82) is 5.26 Å².